The lowest BCUT2D eigenvalue weighted by Gasteiger charge is -2.17. The van der Waals surface area contributed by atoms with Gasteiger partial charge < -0.3 is 10.2 Å². The van der Waals surface area contributed by atoms with E-state index in [2.05, 4.69) is 15.3 Å². The van der Waals surface area contributed by atoms with Gasteiger partial charge in [0.05, 0.1) is 17.3 Å². The Bertz CT molecular complexity index is 476. The van der Waals surface area contributed by atoms with Gasteiger partial charge in [0.25, 0.3) is 5.91 Å². The summed E-state index contributed by atoms with van der Waals surface area (Å²) in [5.41, 5.74) is 1.46. The molecule has 102 valence electrons. The van der Waals surface area contributed by atoms with Crippen LogP contribution in [0.5, 0.6) is 0 Å². The molecule has 0 radical (unpaired) electrons. The predicted molar refractivity (Wildman–Crippen MR) is 71.9 cm³/mol. The van der Waals surface area contributed by atoms with Gasteiger partial charge >= 0.3 is 0 Å². The van der Waals surface area contributed by atoms with Crippen LogP contribution in [0.15, 0.2) is 6.20 Å². The summed E-state index contributed by atoms with van der Waals surface area (Å²) in [5, 5.41) is 3.38. The molecule has 1 amide bonds. The maximum absolute atomic E-state index is 12.3. The summed E-state index contributed by atoms with van der Waals surface area (Å²) in [5.74, 6) is 0.911. The van der Waals surface area contributed by atoms with Crippen molar-refractivity contribution in [1.82, 2.24) is 20.2 Å². The normalized spacial score (nSPS) is 23.0. The number of aryl methyl sites for hydroxylation is 1. The molecular formula is C14H20N4O. The number of hydrogen-bond acceptors (Lipinski definition) is 4. The molecule has 3 rings (SSSR count). The van der Waals surface area contributed by atoms with E-state index >= 15 is 0 Å². The van der Waals surface area contributed by atoms with Crippen LogP contribution in [0.4, 0.5) is 0 Å². The van der Waals surface area contributed by atoms with Crippen molar-refractivity contribution < 1.29 is 4.79 Å². The lowest BCUT2D eigenvalue weighted by Crippen LogP contribution is -2.29. The topological polar surface area (TPSA) is 58.1 Å². The second-order valence-corrected chi connectivity index (χ2v) is 5.38. The molecule has 2 saturated heterocycles. The van der Waals surface area contributed by atoms with Gasteiger partial charge in [-0.15, -0.1) is 0 Å². The molecule has 1 aromatic rings. The van der Waals surface area contributed by atoms with E-state index in [0.29, 0.717) is 5.56 Å². The average molecular weight is 260 g/mol. The Labute approximate surface area is 113 Å². The Morgan fingerprint density at radius 2 is 2.16 bits per heavy atom. The number of carbonyl (C=O) groups excluding carboxylic acids is 1. The van der Waals surface area contributed by atoms with Crippen molar-refractivity contribution in [2.45, 2.75) is 38.6 Å². The molecule has 5 heteroatoms. The van der Waals surface area contributed by atoms with E-state index in [1.54, 1.807) is 6.20 Å². The molecule has 0 saturated carbocycles. The van der Waals surface area contributed by atoms with Crippen LogP contribution in [0.25, 0.3) is 0 Å². The summed E-state index contributed by atoms with van der Waals surface area (Å²) in [6.07, 6.45) is 6.17. The van der Waals surface area contributed by atoms with E-state index in [1.165, 1.54) is 6.42 Å². The van der Waals surface area contributed by atoms with E-state index < -0.39 is 0 Å². The van der Waals surface area contributed by atoms with Crippen molar-refractivity contribution in [3.63, 3.8) is 0 Å². The van der Waals surface area contributed by atoms with Gasteiger partial charge in [-0.25, -0.2) is 9.97 Å². The molecule has 5 nitrogen and oxygen atoms in total. The molecule has 1 aromatic heterocycles. The zero-order valence-electron chi connectivity index (χ0n) is 11.4. The van der Waals surface area contributed by atoms with Gasteiger partial charge in [0.15, 0.2) is 0 Å². The van der Waals surface area contributed by atoms with Gasteiger partial charge in [-0.05, 0) is 39.2 Å². The van der Waals surface area contributed by atoms with Crippen molar-refractivity contribution in [2.75, 3.05) is 19.6 Å². The molecule has 2 aliphatic heterocycles. The highest BCUT2D eigenvalue weighted by Gasteiger charge is 2.24. The first kappa shape index (κ1) is 12.5. The third-order valence-corrected chi connectivity index (χ3v) is 3.99. The van der Waals surface area contributed by atoms with Crippen molar-refractivity contribution in [3.8, 4) is 0 Å². The average Bonchev–Trinajstić information content (AvgIpc) is 3.11. The molecule has 2 fully saturated rings. The number of hydrogen-bond donors (Lipinski definition) is 1. The first-order valence-electron chi connectivity index (χ1n) is 7.12. The number of nitrogens with one attached hydrogen (secondary N) is 1. The van der Waals surface area contributed by atoms with Crippen LogP contribution in [0.3, 0.4) is 0 Å². The molecule has 0 aliphatic carbocycles. The standard InChI is InChI=1S/C14H20N4O/c1-10-11(14(19)18-7-2-3-8-18)9-16-13(17-10)12-5-4-6-15-12/h9,12,15H,2-8H2,1H3/t12-/m1/s1. The Balaban J connectivity index is 1.80. The van der Waals surface area contributed by atoms with Crippen LogP contribution in [0.2, 0.25) is 0 Å². The smallest absolute Gasteiger partial charge is 0.257 e. The molecular weight excluding hydrogens is 240 g/mol. The summed E-state index contributed by atoms with van der Waals surface area (Å²) in [6, 6.07) is 0.259. The minimum atomic E-state index is 0.0842. The van der Waals surface area contributed by atoms with Crippen molar-refractivity contribution in [3.05, 3.63) is 23.3 Å². The number of likely N-dealkylation sites (tertiary alicyclic amines) is 1. The third-order valence-electron chi connectivity index (χ3n) is 3.99. The van der Waals surface area contributed by atoms with Crippen molar-refractivity contribution >= 4 is 5.91 Å². The fourth-order valence-electron chi connectivity index (χ4n) is 2.86. The summed E-state index contributed by atoms with van der Waals surface area (Å²) in [4.78, 5) is 23.2. The van der Waals surface area contributed by atoms with E-state index in [1.807, 2.05) is 11.8 Å². The molecule has 1 N–H and O–H groups in total. The SMILES string of the molecule is Cc1nc([C@H]2CCCN2)ncc1C(=O)N1CCCC1. The largest absolute Gasteiger partial charge is 0.339 e. The van der Waals surface area contributed by atoms with Gasteiger partial charge in [0.2, 0.25) is 0 Å². The minimum absolute atomic E-state index is 0.0842. The number of nitrogens with zero attached hydrogens (tertiary/aromatic N) is 3. The molecule has 0 spiro atoms. The number of carbonyl (C=O) groups is 1. The Morgan fingerprint density at radius 3 is 2.79 bits per heavy atom. The van der Waals surface area contributed by atoms with Crippen LogP contribution >= 0.6 is 0 Å². The number of rotatable bonds is 2. The molecule has 0 aromatic carbocycles. The zero-order chi connectivity index (χ0) is 13.2. The van der Waals surface area contributed by atoms with Crippen molar-refractivity contribution in [2.24, 2.45) is 0 Å². The fraction of sp³-hybridized carbons (Fsp3) is 0.643. The highest BCUT2D eigenvalue weighted by atomic mass is 16.2. The maximum atomic E-state index is 12.3. The third kappa shape index (κ3) is 2.47. The number of amides is 1. The highest BCUT2D eigenvalue weighted by Crippen LogP contribution is 2.21. The van der Waals surface area contributed by atoms with E-state index in [0.717, 1.165) is 50.4 Å². The van der Waals surface area contributed by atoms with Gasteiger partial charge in [0.1, 0.15) is 5.82 Å². The second-order valence-electron chi connectivity index (χ2n) is 5.38. The minimum Gasteiger partial charge on any atom is -0.339 e. The zero-order valence-corrected chi connectivity index (χ0v) is 11.4. The lowest BCUT2D eigenvalue weighted by atomic mass is 10.2. The van der Waals surface area contributed by atoms with Gasteiger partial charge in [-0.1, -0.05) is 0 Å². The van der Waals surface area contributed by atoms with Crippen LogP contribution in [-0.4, -0.2) is 40.4 Å². The van der Waals surface area contributed by atoms with E-state index in [4.69, 9.17) is 0 Å². The van der Waals surface area contributed by atoms with Crippen molar-refractivity contribution in [1.29, 1.82) is 0 Å². The van der Waals surface area contributed by atoms with Gasteiger partial charge in [-0.2, -0.15) is 0 Å². The molecule has 2 aliphatic rings. The van der Waals surface area contributed by atoms with Crippen LogP contribution in [-0.2, 0) is 0 Å². The summed E-state index contributed by atoms with van der Waals surface area (Å²) >= 11 is 0. The van der Waals surface area contributed by atoms with Gasteiger partial charge in [0, 0.05) is 19.3 Å². The first-order chi connectivity index (χ1) is 9.25. The Morgan fingerprint density at radius 1 is 1.37 bits per heavy atom. The first-order valence-corrected chi connectivity index (χ1v) is 7.12. The second kappa shape index (κ2) is 5.25. The maximum Gasteiger partial charge on any atom is 0.257 e. The van der Waals surface area contributed by atoms with Crippen LogP contribution < -0.4 is 5.32 Å². The summed E-state index contributed by atoms with van der Waals surface area (Å²) < 4.78 is 0. The monoisotopic (exact) mass is 260 g/mol. The molecule has 3 heterocycles. The molecule has 0 bridgehead atoms. The van der Waals surface area contributed by atoms with Crippen LogP contribution in [0.1, 0.15) is 53.6 Å². The fourth-order valence-corrected chi connectivity index (χ4v) is 2.86. The van der Waals surface area contributed by atoms with Gasteiger partial charge in [-0.3, -0.25) is 4.79 Å². The summed E-state index contributed by atoms with van der Waals surface area (Å²) in [6.45, 7) is 4.67. The number of aromatic nitrogens is 2. The Hall–Kier alpha value is -1.49. The molecule has 1 atom stereocenters. The molecule has 0 unspecified atom stereocenters. The van der Waals surface area contributed by atoms with Crippen LogP contribution in [0, 0.1) is 6.92 Å². The van der Waals surface area contributed by atoms with E-state index in [-0.39, 0.29) is 11.9 Å². The highest BCUT2D eigenvalue weighted by molar-refractivity contribution is 5.95. The quantitative estimate of drug-likeness (QED) is 0.874. The molecule has 19 heavy (non-hydrogen) atoms. The lowest BCUT2D eigenvalue weighted by molar-refractivity contribution is 0.0791. The Kier molecular flexibility index (Phi) is 3.46. The summed E-state index contributed by atoms with van der Waals surface area (Å²) in [7, 11) is 0. The van der Waals surface area contributed by atoms with E-state index in [9.17, 15) is 4.79 Å². The predicted octanol–water partition coefficient (Wildman–Crippen LogP) is 1.45.